The predicted molar refractivity (Wildman–Crippen MR) is 64.3 cm³/mol. The van der Waals surface area contributed by atoms with Crippen molar-refractivity contribution in [2.75, 3.05) is 26.2 Å². The van der Waals surface area contributed by atoms with E-state index in [0.717, 1.165) is 38.8 Å². The Bertz CT molecular complexity index is 223. The van der Waals surface area contributed by atoms with Crippen LogP contribution in [0, 0.1) is 5.41 Å². The molecule has 1 saturated heterocycles. The average Bonchev–Trinajstić information content (AvgIpc) is 2.77. The largest absolute Gasteiger partial charge is 0.396 e. The van der Waals surface area contributed by atoms with Gasteiger partial charge >= 0.3 is 6.03 Å². The van der Waals surface area contributed by atoms with Gasteiger partial charge in [0.2, 0.25) is 0 Å². The molecule has 0 bridgehead atoms. The third kappa shape index (κ3) is 4.39. The second-order valence-corrected chi connectivity index (χ2v) is 5.34. The Hall–Kier alpha value is -0.770. The van der Waals surface area contributed by atoms with Crippen molar-refractivity contribution in [1.29, 1.82) is 0 Å². The maximum Gasteiger partial charge on any atom is 0.317 e. The Morgan fingerprint density at radius 1 is 1.38 bits per heavy atom. The zero-order valence-corrected chi connectivity index (χ0v) is 10.5. The summed E-state index contributed by atoms with van der Waals surface area (Å²) in [5, 5.41) is 11.8. The van der Waals surface area contributed by atoms with Crippen molar-refractivity contribution in [3.8, 4) is 0 Å². The van der Waals surface area contributed by atoms with Gasteiger partial charge in [0.15, 0.2) is 0 Å². The van der Waals surface area contributed by atoms with Crippen molar-refractivity contribution in [2.24, 2.45) is 5.41 Å². The van der Waals surface area contributed by atoms with E-state index in [1.807, 2.05) is 4.90 Å². The van der Waals surface area contributed by atoms with Crippen LogP contribution in [-0.2, 0) is 0 Å². The number of hydrogen-bond acceptors (Lipinski definition) is 2. The molecule has 1 heterocycles. The normalized spacial score (nSPS) is 16.6. The van der Waals surface area contributed by atoms with Crippen LogP contribution >= 0.6 is 0 Å². The number of carbonyl (C=O) groups is 1. The predicted octanol–water partition coefficient (Wildman–Crippen LogP) is 1.59. The van der Waals surface area contributed by atoms with Gasteiger partial charge in [0.1, 0.15) is 0 Å². The van der Waals surface area contributed by atoms with Gasteiger partial charge < -0.3 is 15.3 Å². The number of likely N-dealkylation sites (tertiary alicyclic amines) is 1. The maximum atomic E-state index is 11.7. The molecule has 0 saturated carbocycles. The first kappa shape index (κ1) is 13.3. The number of urea groups is 1. The molecule has 2 N–H and O–H groups in total. The van der Waals surface area contributed by atoms with Crippen molar-refractivity contribution >= 4 is 6.03 Å². The lowest BCUT2D eigenvalue weighted by molar-refractivity contribution is 0.197. The van der Waals surface area contributed by atoms with Crippen molar-refractivity contribution in [1.82, 2.24) is 10.2 Å². The highest BCUT2D eigenvalue weighted by atomic mass is 16.3. The van der Waals surface area contributed by atoms with Gasteiger partial charge in [-0.05, 0) is 31.1 Å². The molecule has 0 spiro atoms. The summed E-state index contributed by atoms with van der Waals surface area (Å²) in [7, 11) is 0. The summed E-state index contributed by atoms with van der Waals surface area (Å²) >= 11 is 0. The topological polar surface area (TPSA) is 52.6 Å². The zero-order chi connectivity index (χ0) is 12.0. The Labute approximate surface area is 98.0 Å². The second-order valence-electron chi connectivity index (χ2n) is 5.34. The van der Waals surface area contributed by atoms with E-state index in [1.165, 1.54) is 0 Å². The van der Waals surface area contributed by atoms with Gasteiger partial charge in [0, 0.05) is 26.2 Å². The Kier molecular flexibility index (Phi) is 5.06. The van der Waals surface area contributed by atoms with Crippen LogP contribution in [0.25, 0.3) is 0 Å². The van der Waals surface area contributed by atoms with Crippen molar-refractivity contribution in [3.05, 3.63) is 0 Å². The van der Waals surface area contributed by atoms with E-state index in [-0.39, 0.29) is 18.1 Å². The lowest BCUT2D eigenvalue weighted by Crippen LogP contribution is -2.42. The summed E-state index contributed by atoms with van der Waals surface area (Å²) in [5.74, 6) is 0. The minimum Gasteiger partial charge on any atom is -0.396 e. The van der Waals surface area contributed by atoms with Gasteiger partial charge in [-0.25, -0.2) is 4.79 Å². The number of carbonyl (C=O) groups excluding carboxylic acids is 1. The minimum absolute atomic E-state index is 0.0644. The molecular weight excluding hydrogens is 204 g/mol. The number of rotatable bonds is 5. The molecule has 4 heteroatoms. The Balaban J connectivity index is 2.24. The standard InChI is InChI=1S/C12H24N2O2/c1-12(2,6-5-9-15)10-13-11(16)14-7-3-4-8-14/h15H,3-10H2,1-2H3,(H,13,16). The SMILES string of the molecule is CC(C)(CCCO)CNC(=O)N1CCCC1. The second kappa shape index (κ2) is 6.09. The maximum absolute atomic E-state index is 11.7. The van der Waals surface area contributed by atoms with E-state index in [4.69, 9.17) is 5.11 Å². The average molecular weight is 228 g/mol. The Morgan fingerprint density at radius 2 is 2.00 bits per heavy atom. The molecule has 1 aliphatic heterocycles. The summed E-state index contributed by atoms with van der Waals surface area (Å²) in [5.41, 5.74) is 0.0676. The van der Waals surface area contributed by atoms with Crippen molar-refractivity contribution in [3.63, 3.8) is 0 Å². The van der Waals surface area contributed by atoms with Crippen LogP contribution in [0.3, 0.4) is 0 Å². The molecule has 1 fully saturated rings. The highest BCUT2D eigenvalue weighted by molar-refractivity contribution is 5.74. The fraction of sp³-hybridized carbons (Fsp3) is 0.917. The van der Waals surface area contributed by atoms with Crippen LogP contribution in [0.5, 0.6) is 0 Å². The van der Waals surface area contributed by atoms with E-state index in [0.29, 0.717) is 6.54 Å². The summed E-state index contributed by atoms with van der Waals surface area (Å²) < 4.78 is 0. The molecule has 0 atom stereocenters. The molecule has 1 aliphatic rings. The van der Waals surface area contributed by atoms with Crippen LogP contribution in [0.2, 0.25) is 0 Å². The quantitative estimate of drug-likeness (QED) is 0.751. The molecule has 0 unspecified atom stereocenters. The number of nitrogens with zero attached hydrogens (tertiary/aromatic N) is 1. The molecule has 2 amide bonds. The zero-order valence-electron chi connectivity index (χ0n) is 10.5. The number of nitrogens with one attached hydrogen (secondary N) is 1. The van der Waals surface area contributed by atoms with Crippen LogP contribution in [0.15, 0.2) is 0 Å². The lowest BCUT2D eigenvalue weighted by Gasteiger charge is -2.26. The number of amides is 2. The molecule has 0 aromatic rings. The molecule has 0 radical (unpaired) electrons. The van der Waals surface area contributed by atoms with Gasteiger partial charge in [-0.3, -0.25) is 0 Å². The molecule has 1 rings (SSSR count). The molecule has 4 nitrogen and oxygen atoms in total. The monoisotopic (exact) mass is 228 g/mol. The van der Waals surface area contributed by atoms with Crippen molar-refractivity contribution in [2.45, 2.75) is 39.5 Å². The van der Waals surface area contributed by atoms with Gasteiger partial charge in [0.25, 0.3) is 0 Å². The highest BCUT2D eigenvalue weighted by Crippen LogP contribution is 2.21. The minimum atomic E-state index is 0.0644. The van der Waals surface area contributed by atoms with E-state index in [1.54, 1.807) is 0 Å². The van der Waals surface area contributed by atoms with Crippen LogP contribution in [0.1, 0.15) is 39.5 Å². The fourth-order valence-corrected chi connectivity index (χ4v) is 1.99. The smallest absolute Gasteiger partial charge is 0.317 e. The van der Waals surface area contributed by atoms with Gasteiger partial charge in [0.05, 0.1) is 0 Å². The number of aliphatic hydroxyl groups excluding tert-OH is 1. The van der Waals surface area contributed by atoms with Gasteiger partial charge in [-0.2, -0.15) is 0 Å². The van der Waals surface area contributed by atoms with E-state index in [2.05, 4.69) is 19.2 Å². The van der Waals surface area contributed by atoms with E-state index in [9.17, 15) is 4.79 Å². The lowest BCUT2D eigenvalue weighted by atomic mass is 9.88. The number of aliphatic hydroxyl groups is 1. The number of hydrogen-bond donors (Lipinski definition) is 2. The molecule has 0 aliphatic carbocycles. The van der Waals surface area contributed by atoms with Crippen LogP contribution < -0.4 is 5.32 Å². The fourth-order valence-electron chi connectivity index (χ4n) is 1.99. The summed E-state index contributed by atoms with van der Waals surface area (Å²) in [4.78, 5) is 13.6. The van der Waals surface area contributed by atoms with Crippen molar-refractivity contribution < 1.29 is 9.90 Å². The third-order valence-electron chi connectivity index (χ3n) is 3.12. The first-order valence-electron chi connectivity index (χ1n) is 6.19. The van der Waals surface area contributed by atoms with Gasteiger partial charge in [-0.15, -0.1) is 0 Å². The third-order valence-corrected chi connectivity index (χ3v) is 3.12. The first-order valence-corrected chi connectivity index (χ1v) is 6.19. The Morgan fingerprint density at radius 3 is 2.56 bits per heavy atom. The molecule has 16 heavy (non-hydrogen) atoms. The molecule has 94 valence electrons. The van der Waals surface area contributed by atoms with Crippen LogP contribution in [-0.4, -0.2) is 42.3 Å². The highest BCUT2D eigenvalue weighted by Gasteiger charge is 2.22. The summed E-state index contributed by atoms with van der Waals surface area (Å²) in [6.07, 6.45) is 3.99. The molecule has 0 aromatic carbocycles. The van der Waals surface area contributed by atoms with Gasteiger partial charge in [-0.1, -0.05) is 13.8 Å². The summed E-state index contributed by atoms with van der Waals surface area (Å²) in [6, 6.07) is 0.0644. The van der Waals surface area contributed by atoms with Crippen LogP contribution in [0.4, 0.5) is 4.79 Å². The van der Waals surface area contributed by atoms with E-state index < -0.39 is 0 Å². The van der Waals surface area contributed by atoms with E-state index >= 15 is 0 Å². The molecule has 0 aromatic heterocycles. The molecular formula is C12H24N2O2. The summed E-state index contributed by atoms with van der Waals surface area (Å²) in [6.45, 7) is 6.93. The first-order chi connectivity index (χ1) is 7.55.